The molecule has 0 aliphatic heterocycles. The average molecular weight is 473 g/mol. The predicted octanol–water partition coefficient (Wildman–Crippen LogP) is 3.97. The molecule has 32 heavy (non-hydrogen) atoms. The number of H-pyrrole nitrogens is 3. The minimum atomic E-state index is 0. The molecule has 0 unspecified atom stereocenters. The Kier molecular flexibility index (Phi) is 14.8. The molecule has 0 bridgehead atoms. The number of aromatic nitrogens is 6. The summed E-state index contributed by atoms with van der Waals surface area (Å²) in [5.74, 6) is 0. The Morgan fingerprint density at radius 3 is 0.875 bits per heavy atom. The molecule has 1 radical (unpaired) electrons. The van der Waals surface area contributed by atoms with Crippen LogP contribution in [0.15, 0.2) is 36.8 Å². The molecule has 3 heterocycles. The molecule has 0 aliphatic rings. The molecular weight excluding hydrogens is 431 g/mol. The monoisotopic (exact) mass is 473 g/mol. The Bertz CT molecular complexity index is 649. The molecule has 0 fully saturated rings. The van der Waals surface area contributed by atoms with E-state index in [-0.39, 0.29) is 44.7 Å². The van der Waals surface area contributed by atoms with E-state index < -0.39 is 0 Å². The number of aromatic amines is 3. The molecule has 6 nitrogen and oxygen atoms in total. The summed E-state index contributed by atoms with van der Waals surface area (Å²) in [6.07, 6.45) is 5.19. The van der Waals surface area contributed by atoms with Crippen molar-refractivity contribution in [1.29, 1.82) is 0 Å². The van der Waals surface area contributed by atoms with Crippen LogP contribution < -0.4 is 16.8 Å². The third-order valence-electron chi connectivity index (χ3n) is 2.50. The second kappa shape index (κ2) is 14.5. The Morgan fingerprint density at radius 1 is 0.562 bits per heavy atom. The standard InChI is InChI=1S/C9H9BN6.3C5H11.Ti/c1-4-11-14-7(1)10(8-2-5-12-15-8)9-3-6-13-16-9;3*1-5(2,3)4;/h1-6H,(H,11,14)(H,12,15)(H,13,16);3*1H2,2-4H3;/q;3*-1;+3. The van der Waals surface area contributed by atoms with Crippen LogP contribution in [0.25, 0.3) is 0 Å². The summed E-state index contributed by atoms with van der Waals surface area (Å²) in [5, 5.41) is 20.8. The molecule has 0 amide bonds. The van der Waals surface area contributed by atoms with E-state index in [1.807, 2.05) is 18.2 Å². The minimum absolute atomic E-state index is 0. The first-order valence-corrected chi connectivity index (χ1v) is 10.5. The zero-order valence-electron chi connectivity index (χ0n) is 21.5. The second-order valence-electron chi connectivity index (χ2n) is 11.2. The molecular formula is C24H42BN6Ti. The molecule has 0 aliphatic carbocycles. The van der Waals surface area contributed by atoms with E-state index in [1.54, 1.807) is 18.6 Å². The van der Waals surface area contributed by atoms with Gasteiger partial charge in [-0.05, 0) is 18.2 Å². The van der Waals surface area contributed by atoms with Crippen LogP contribution in [-0.4, -0.2) is 37.3 Å². The van der Waals surface area contributed by atoms with Crippen molar-refractivity contribution in [3.8, 4) is 0 Å². The van der Waals surface area contributed by atoms with Gasteiger partial charge in [-0.15, -0.1) is 0 Å². The molecule has 0 saturated heterocycles. The molecule has 3 aromatic heterocycles. The molecule has 3 aromatic rings. The second-order valence-corrected chi connectivity index (χ2v) is 11.2. The summed E-state index contributed by atoms with van der Waals surface area (Å²) >= 11 is 0. The summed E-state index contributed by atoms with van der Waals surface area (Å²) in [6.45, 7) is 30.0. The van der Waals surface area contributed by atoms with E-state index in [1.165, 1.54) is 0 Å². The van der Waals surface area contributed by atoms with Crippen LogP contribution in [0, 0.1) is 37.0 Å². The van der Waals surface area contributed by atoms with E-state index in [2.05, 4.69) is 114 Å². The number of nitrogens with zero attached hydrogens (tertiary/aromatic N) is 3. The van der Waals surface area contributed by atoms with Crippen molar-refractivity contribution in [2.75, 3.05) is 0 Å². The first kappa shape index (κ1) is 32.6. The van der Waals surface area contributed by atoms with Gasteiger partial charge >= 0.3 is 28.4 Å². The summed E-state index contributed by atoms with van der Waals surface area (Å²) in [4.78, 5) is 0. The zero-order valence-corrected chi connectivity index (χ0v) is 23.1. The van der Waals surface area contributed by atoms with Crippen molar-refractivity contribution in [1.82, 2.24) is 30.6 Å². The van der Waals surface area contributed by atoms with Crippen LogP contribution in [0.5, 0.6) is 0 Å². The van der Waals surface area contributed by atoms with Gasteiger partial charge in [0, 0.05) is 35.4 Å². The Morgan fingerprint density at radius 2 is 0.750 bits per heavy atom. The third kappa shape index (κ3) is 21.6. The fraction of sp³-hybridized carbons (Fsp3) is 0.500. The van der Waals surface area contributed by atoms with Gasteiger partial charge < -0.3 is 20.8 Å². The topological polar surface area (TPSA) is 86.0 Å². The molecule has 8 heteroatoms. The SMILES string of the molecule is [CH2-]C(C)(C)C.[CH2-]C(C)(C)C.[CH2-]C(C)(C)C.[Ti+3].c1cc(B(c2ccn[nH]2)c2ccn[nH]2)[nH]n1. The van der Waals surface area contributed by atoms with Crippen LogP contribution in [-0.2, 0) is 21.7 Å². The number of nitrogens with one attached hydrogen (secondary N) is 3. The van der Waals surface area contributed by atoms with Crippen LogP contribution in [0.2, 0.25) is 0 Å². The third-order valence-corrected chi connectivity index (χ3v) is 2.50. The van der Waals surface area contributed by atoms with E-state index in [0.29, 0.717) is 0 Å². The molecule has 3 rings (SSSR count). The fourth-order valence-electron chi connectivity index (χ4n) is 1.78. The molecule has 0 aromatic carbocycles. The van der Waals surface area contributed by atoms with Crippen molar-refractivity contribution in [2.45, 2.75) is 62.3 Å². The molecule has 3 N–H and O–H groups in total. The summed E-state index contributed by atoms with van der Waals surface area (Å²) in [5.41, 5.74) is 3.73. The average Bonchev–Trinajstić information content (AvgIpc) is 3.27. The van der Waals surface area contributed by atoms with Crippen molar-refractivity contribution in [3.63, 3.8) is 0 Å². The summed E-state index contributed by atoms with van der Waals surface area (Å²) in [7, 11) is 0. The van der Waals surface area contributed by atoms with Gasteiger partial charge in [-0.3, -0.25) is 15.3 Å². The Hall–Kier alpha value is -1.59. The van der Waals surface area contributed by atoms with Crippen molar-refractivity contribution in [2.24, 2.45) is 16.2 Å². The van der Waals surface area contributed by atoms with Crippen LogP contribution in [0.4, 0.5) is 0 Å². The maximum Gasteiger partial charge on any atom is 3.00 e. The van der Waals surface area contributed by atoms with Gasteiger partial charge in [-0.1, -0.05) is 62.3 Å². The van der Waals surface area contributed by atoms with E-state index in [9.17, 15) is 0 Å². The fourth-order valence-corrected chi connectivity index (χ4v) is 1.78. The van der Waals surface area contributed by atoms with Gasteiger partial charge in [-0.25, -0.2) is 0 Å². The first-order valence-electron chi connectivity index (χ1n) is 10.5. The van der Waals surface area contributed by atoms with Gasteiger partial charge in [0.05, 0.1) is 0 Å². The van der Waals surface area contributed by atoms with E-state index in [0.717, 1.165) is 16.8 Å². The van der Waals surface area contributed by atoms with E-state index in [4.69, 9.17) is 0 Å². The Balaban J connectivity index is 0. The smallest absolute Gasteiger partial charge is 0.338 e. The molecule has 0 spiro atoms. The molecule has 175 valence electrons. The Labute approximate surface area is 211 Å². The zero-order chi connectivity index (χ0) is 24.3. The van der Waals surface area contributed by atoms with E-state index >= 15 is 0 Å². The van der Waals surface area contributed by atoms with Crippen molar-refractivity contribution >= 4 is 23.5 Å². The summed E-state index contributed by atoms with van der Waals surface area (Å²) in [6, 6.07) is 5.81. The largest absolute Gasteiger partial charge is 3.00 e. The first-order chi connectivity index (χ1) is 13.9. The van der Waals surface area contributed by atoms with Gasteiger partial charge in [-0.2, -0.15) is 31.5 Å². The number of hydrogen-bond donors (Lipinski definition) is 3. The molecule has 0 saturated carbocycles. The molecule has 0 atom stereocenters. The minimum Gasteiger partial charge on any atom is -0.338 e. The van der Waals surface area contributed by atoms with Crippen LogP contribution in [0.3, 0.4) is 0 Å². The normalized spacial score (nSPS) is 10.9. The van der Waals surface area contributed by atoms with Gasteiger partial charge in [0.15, 0.2) is 0 Å². The van der Waals surface area contributed by atoms with Crippen LogP contribution >= 0.6 is 0 Å². The quantitative estimate of drug-likeness (QED) is 0.398. The van der Waals surface area contributed by atoms with Gasteiger partial charge in [0.2, 0.25) is 0 Å². The summed E-state index contributed by atoms with van der Waals surface area (Å²) < 4.78 is 0. The van der Waals surface area contributed by atoms with Gasteiger partial charge in [0.25, 0.3) is 0 Å². The van der Waals surface area contributed by atoms with Crippen molar-refractivity contribution in [3.05, 3.63) is 57.6 Å². The number of hydrogen-bond acceptors (Lipinski definition) is 3. The predicted molar refractivity (Wildman–Crippen MR) is 135 cm³/mol. The number of rotatable bonds is 3. The maximum atomic E-state index is 3.97. The van der Waals surface area contributed by atoms with Gasteiger partial charge in [0.1, 0.15) is 0 Å². The van der Waals surface area contributed by atoms with Crippen LogP contribution in [0.1, 0.15) is 62.3 Å². The maximum absolute atomic E-state index is 3.97. The van der Waals surface area contributed by atoms with Crippen molar-refractivity contribution < 1.29 is 21.7 Å².